The molecule has 1 amide bonds. The van der Waals surface area contributed by atoms with Gasteiger partial charge in [0.1, 0.15) is 5.75 Å². The first kappa shape index (κ1) is 39.3. The molecule has 1 saturated carbocycles. The lowest BCUT2D eigenvalue weighted by molar-refractivity contribution is -0.157. The fourth-order valence-electron chi connectivity index (χ4n) is 9.36. The van der Waals surface area contributed by atoms with Gasteiger partial charge in [0.05, 0.1) is 37.3 Å². The summed E-state index contributed by atoms with van der Waals surface area (Å²) in [7, 11) is 4.82. The smallest absolute Gasteiger partial charge is 0.416 e. The highest BCUT2D eigenvalue weighted by Gasteiger charge is 2.58. The van der Waals surface area contributed by atoms with E-state index < -0.39 is 29.2 Å². The highest BCUT2D eigenvalue weighted by molar-refractivity contribution is 5.88. The van der Waals surface area contributed by atoms with Gasteiger partial charge in [-0.25, -0.2) is 0 Å². The van der Waals surface area contributed by atoms with Crippen molar-refractivity contribution in [1.29, 1.82) is 0 Å². The summed E-state index contributed by atoms with van der Waals surface area (Å²) in [6, 6.07) is 11.6. The Kier molecular flexibility index (Phi) is 12.3. The fraction of sp³-hybridized carbons (Fsp3) is 0.650. The van der Waals surface area contributed by atoms with Crippen LogP contribution in [0.2, 0.25) is 0 Å². The number of benzene rings is 2. The molecule has 0 spiro atoms. The largest absolute Gasteiger partial charge is 0.497 e. The summed E-state index contributed by atoms with van der Waals surface area (Å²) in [5, 5.41) is 9.56. The zero-order valence-electron chi connectivity index (χ0n) is 31.3. The molecule has 10 nitrogen and oxygen atoms in total. The molecule has 4 aliphatic rings. The summed E-state index contributed by atoms with van der Waals surface area (Å²) in [6.07, 6.45) is 0.757. The van der Waals surface area contributed by atoms with Crippen molar-refractivity contribution in [3.63, 3.8) is 0 Å². The van der Waals surface area contributed by atoms with Crippen LogP contribution in [0.25, 0.3) is 0 Å². The van der Waals surface area contributed by atoms with Gasteiger partial charge in [0, 0.05) is 77.1 Å². The number of halogens is 3. The molecule has 0 unspecified atom stereocenters. The molecule has 292 valence electrons. The number of methoxy groups -OCH3 is 3. The molecule has 0 radical (unpaired) electrons. The Hall–Kier alpha value is -3.39. The van der Waals surface area contributed by atoms with E-state index in [0.29, 0.717) is 63.5 Å². The minimum Gasteiger partial charge on any atom is -0.497 e. The fourth-order valence-corrected chi connectivity index (χ4v) is 9.36. The summed E-state index contributed by atoms with van der Waals surface area (Å²) >= 11 is 0. The van der Waals surface area contributed by atoms with Gasteiger partial charge in [-0.15, -0.1) is 0 Å². The van der Waals surface area contributed by atoms with Crippen LogP contribution in [0.1, 0.15) is 80.4 Å². The number of ether oxygens (including phenoxy) is 4. The van der Waals surface area contributed by atoms with Crippen molar-refractivity contribution < 1.29 is 46.8 Å². The van der Waals surface area contributed by atoms with Crippen molar-refractivity contribution in [2.75, 3.05) is 72.2 Å². The number of carboxylic acids is 1. The molecule has 53 heavy (non-hydrogen) atoms. The highest BCUT2D eigenvalue weighted by Crippen LogP contribution is 2.47. The number of carboxylic acid groups (broad SMARTS) is 1. The van der Waals surface area contributed by atoms with E-state index in [9.17, 15) is 23.1 Å². The number of carbonyl (C=O) groups is 2. The van der Waals surface area contributed by atoms with Crippen molar-refractivity contribution in [3.8, 4) is 5.75 Å². The summed E-state index contributed by atoms with van der Waals surface area (Å²) in [4.78, 5) is 33.1. The monoisotopic (exact) mass is 745 g/mol. The quantitative estimate of drug-likeness (QED) is 0.273. The zero-order chi connectivity index (χ0) is 37.9. The third kappa shape index (κ3) is 8.18. The standard InChI is InChI=1S/C40H54F3N3O7/c1-5-53-33-13-9-30(10-14-33)45-23-35(26-6-11-32(51-3)12-7-26)39(25-45,52-4)38(49)46-22-28(20-31(46)24-50-2)34-15-8-29(40(41,42)43)21-36(34)44-18-16-27(17-19-44)37(47)48/h6-8,11-12,15,21,27-28,30-31,33,35H,5,9-10,13-14,16-20,22-25H2,1-4H3,(H,47,48)/t28-,30-,31+,33-,35-,39-/m0/s1. The van der Waals surface area contributed by atoms with Crippen molar-refractivity contribution in [2.24, 2.45) is 5.92 Å². The zero-order valence-corrected chi connectivity index (χ0v) is 31.3. The van der Waals surface area contributed by atoms with E-state index in [1.54, 1.807) is 27.4 Å². The first-order valence-corrected chi connectivity index (χ1v) is 19.0. The summed E-state index contributed by atoms with van der Waals surface area (Å²) in [6.45, 7) is 4.98. The lowest BCUT2D eigenvalue weighted by Gasteiger charge is -2.39. The van der Waals surface area contributed by atoms with Gasteiger partial charge < -0.3 is 33.9 Å². The number of likely N-dealkylation sites (tertiary alicyclic amines) is 2. The maximum Gasteiger partial charge on any atom is 0.416 e. The third-order valence-corrected chi connectivity index (χ3v) is 12.2. The number of piperidine rings is 1. The molecule has 4 atom stereocenters. The first-order chi connectivity index (χ1) is 25.4. The molecule has 6 rings (SSSR count). The van der Waals surface area contributed by atoms with E-state index in [-0.39, 0.29) is 49.1 Å². The van der Waals surface area contributed by atoms with Gasteiger partial charge >= 0.3 is 12.1 Å². The predicted octanol–water partition coefficient (Wildman–Crippen LogP) is 6.18. The first-order valence-electron chi connectivity index (χ1n) is 19.0. The van der Waals surface area contributed by atoms with Gasteiger partial charge in [-0.2, -0.15) is 13.2 Å². The molecule has 1 aliphatic carbocycles. The van der Waals surface area contributed by atoms with E-state index in [1.807, 2.05) is 41.0 Å². The van der Waals surface area contributed by atoms with Crippen LogP contribution in [-0.2, 0) is 30.0 Å². The van der Waals surface area contributed by atoms with Crippen LogP contribution < -0.4 is 9.64 Å². The number of alkyl halides is 3. The van der Waals surface area contributed by atoms with Gasteiger partial charge in [-0.05, 0) is 87.3 Å². The van der Waals surface area contributed by atoms with Gasteiger partial charge in [0.2, 0.25) is 0 Å². The molecule has 0 bridgehead atoms. The molecule has 2 aromatic rings. The van der Waals surface area contributed by atoms with Crippen LogP contribution >= 0.6 is 0 Å². The molecule has 0 aromatic heterocycles. The van der Waals surface area contributed by atoms with Crippen LogP contribution in [-0.4, -0.2) is 118 Å². The van der Waals surface area contributed by atoms with Gasteiger partial charge in [-0.1, -0.05) is 18.2 Å². The highest BCUT2D eigenvalue weighted by atomic mass is 19.4. The summed E-state index contributed by atoms with van der Waals surface area (Å²) in [5.41, 5.74) is 0.179. The Morgan fingerprint density at radius 2 is 1.64 bits per heavy atom. The van der Waals surface area contributed by atoms with Crippen molar-refractivity contribution in [1.82, 2.24) is 9.80 Å². The minimum absolute atomic E-state index is 0.147. The number of carbonyl (C=O) groups excluding carboxylic acids is 1. The second-order valence-electron chi connectivity index (χ2n) is 15.1. The van der Waals surface area contributed by atoms with Crippen LogP contribution in [0.15, 0.2) is 42.5 Å². The Balaban J connectivity index is 1.32. The summed E-state index contributed by atoms with van der Waals surface area (Å²) in [5.74, 6) is -1.39. The maximum atomic E-state index is 15.3. The molecule has 1 N–H and O–H groups in total. The topological polar surface area (TPSA) is 101 Å². The van der Waals surface area contributed by atoms with E-state index in [0.717, 1.165) is 42.9 Å². The number of hydrogen-bond acceptors (Lipinski definition) is 8. The molecule has 3 saturated heterocycles. The minimum atomic E-state index is -4.54. The van der Waals surface area contributed by atoms with Crippen LogP contribution in [0, 0.1) is 5.92 Å². The molecular formula is C40H54F3N3O7. The van der Waals surface area contributed by atoms with Crippen molar-refractivity contribution in [3.05, 3.63) is 59.2 Å². The van der Waals surface area contributed by atoms with Crippen molar-refractivity contribution >= 4 is 17.6 Å². The Morgan fingerprint density at radius 1 is 0.943 bits per heavy atom. The van der Waals surface area contributed by atoms with Gasteiger partial charge in [0.15, 0.2) is 5.60 Å². The van der Waals surface area contributed by atoms with E-state index in [1.165, 1.54) is 6.07 Å². The number of aliphatic carboxylic acids is 1. The molecule has 13 heteroatoms. The van der Waals surface area contributed by atoms with Gasteiger partial charge in [0.25, 0.3) is 5.91 Å². The Morgan fingerprint density at radius 3 is 2.23 bits per heavy atom. The average Bonchev–Trinajstić information content (AvgIpc) is 3.77. The number of hydrogen-bond donors (Lipinski definition) is 1. The SMILES string of the molecule is CCO[C@H]1CC[C@H](N2C[C@@H](c3ccc(OC)cc3)[C@](OC)(C(=O)N3C[C@@H](c4ccc(C(F)(F)F)cc4N4CCC(C(=O)O)CC4)C[C@@H]3COC)C2)CC1. The Bertz CT molecular complexity index is 1560. The van der Waals surface area contributed by atoms with Gasteiger partial charge in [-0.3, -0.25) is 14.5 Å². The summed E-state index contributed by atoms with van der Waals surface area (Å²) < 4.78 is 65.6. The predicted molar refractivity (Wildman–Crippen MR) is 193 cm³/mol. The lowest BCUT2D eigenvalue weighted by atomic mass is 9.83. The second-order valence-corrected chi connectivity index (χ2v) is 15.1. The van der Waals surface area contributed by atoms with E-state index >= 15 is 4.79 Å². The Labute approximate surface area is 310 Å². The average molecular weight is 746 g/mol. The number of amides is 1. The van der Waals surface area contributed by atoms with E-state index in [4.69, 9.17) is 18.9 Å². The van der Waals surface area contributed by atoms with Crippen LogP contribution in [0.3, 0.4) is 0 Å². The van der Waals surface area contributed by atoms with E-state index in [2.05, 4.69) is 4.90 Å². The number of rotatable bonds is 12. The van der Waals surface area contributed by atoms with Crippen LogP contribution in [0.4, 0.5) is 18.9 Å². The molecule has 4 fully saturated rings. The molecular weight excluding hydrogens is 691 g/mol. The third-order valence-electron chi connectivity index (χ3n) is 12.2. The number of nitrogens with zero attached hydrogens (tertiary/aromatic N) is 3. The van der Waals surface area contributed by atoms with Crippen LogP contribution in [0.5, 0.6) is 5.75 Å². The maximum absolute atomic E-state index is 15.3. The molecule has 2 aromatic carbocycles. The molecule has 3 heterocycles. The van der Waals surface area contributed by atoms with Crippen molar-refractivity contribution in [2.45, 2.75) is 93.7 Å². The normalized spacial score (nSPS) is 28.8. The number of anilines is 1. The second kappa shape index (κ2) is 16.5. The molecule has 3 aliphatic heterocycles. The lowest BCUT2D eigenvalue weighted by Crippen LogP contribution is -2.57.